The maximum absolute atomic E-state index is 11.7. The zero-order chi connectivity index (χ0) is 21.7. The van der Waals surface area contributed by atoms with E-state index in [-0.39, 0.29) is 29.0 Å². The first-order chi connectivity index (χ1) is 14.8. The average molecular weight is 418 g/mol. The Bertz CT molecular complexity index is 1190. The van der Waals surface area contributed by atoms with Crippen molar-refractivity contribution in [1.29, 1.82) is 0 Å². The molecule has 2 aromatic carbocycles. The highest BCUT2D eigenvalue weighted by Gasteiger charge is 2.68. The van der Waals surface area contributed by atoms with Gasteiger partial charge in [-0.25, -0.2) is 0 Å². The van der Waals surface area contributed by atoms with Crippen molar-refractivity contribution in [3.63, 3.8) is 0 Å². The molecule has 3 aliphatic carbocycles. The number of hydrogen-bond donors (Lipinski definition) is 3. The van der Waals surface area contributed by atoms with Crippen molar-refractivity contribution in [2.24, 2.45) is 22.7 Å². The van der Waals surface area contributed by atoms with Gasteiger partial charge in [0.2, 0.25) is 0 Å². The summed E-state index contributed by atoms with van der Waals surface area (Å²) < 4.78 is 0. The fourth-order valence-corrected chi connectivity index (χ4v) is 8.57. The number of benzene rings is 2. The molecule has 3 aliphatic rings. The van der Waals surface area contributed by atoms with E-state index in [1.165, 1.54) is 38.5 Å². The minimum absolute atomic E-state index is 0.262. The second-order valence-corrected chi connectivity index (χ2v) is 11.2. The Morgan fingerprint density at radius 3 is 2.61 bits per heavy atom. The highest BCUT2D eigenvalue weighted by atomic mass is 16.3. The third-order valence-electron chi connectivity index (χ3n) is 10.2. The van der Waals surface area contributed by atoms with Crippen LogP contribution in [0.4, 0.5) is 0 Å². The molecule has 3 heteroatoms. The van der Waals surface area contributed by atoms with Crippen molar-refractivity contribution in [3.8, 4) is 0 Å². The molecule has 0 aliphatic heterocycles. The second kappa shape index (κ2) is 6.36. The molecule has 0 amide bonds. The number of aliphatic hydroxyl groups excluding tert-OH is 2. The first kappa shape index (κ1) is 19.8. The summed E-state index contributed by atoms with van der Waals surface area (Å²) in [5.74, 6) is 1.01. The molecule has 0 radical (unpaired) electrons. The fraction of sp³-hybridized carbons (Fsp3) is 0.571. The summed E-state index contributed by atoms with van der Waals surface area (Å²) in [6.07, 6.45) is 3.93. The molecule has 7 atom stereocenters. The van der Waals surface area contributed by atoms with Crippen LogP contribution < -0.4 is 0 Å². The van der Waals surface area contributed by atoms with Gasteiger partial charge in [0.1, 0.15) is 0 Å². The molecule has 0 bridgehead atoms. The van der Waals surface area contributed by atoms with Crippen molar-refractivity contribution < 1.29 is 10.2 Å². The zero-order valence-electron chi connectivity index (χ0n) is 19.2. The van der Waals surface area contributed by atoms with Crippen LogP contribution in [0.3, 0.4) is 0 Å². The molecule has 1 spiro atoms. The highest BCUT2D eigenvalue weighted by molar-refractivity contribution is 6.10. The van der Waals surface area contributed by atoms with Crippen molar-refractivity contribution in [1.82, 2.24) is 4.98 Å². The van der Waals surface area contributed by atoms with E-state index in [1.807, 2.05) is 0 Å². The van der Waals surface area contributed by atoms with Gasteiger partial charge >= 0.3 is 0 Å². The van der Waals surface area contributed by atoms with Crippen molar-refractivity contribution in [2.75, 3.05) is 0 Å². The monoisotopic (exact) mass is 417 g/mol. The van der Waals surface area contributed by atoms with Gasteiger partial charge in [0.15, 0.2) is 0 Å². The van der Waals surface area contributed by atoms with Gasteiger partial charge in [0.25, 0.3) is 0 Å². The molecule has 2 fully saturated rings. The van der Waals surface area contributed by atoms with Crippen LogP contribution in [0.1, 0.15) is 69.1 Å². The predicted molar refractivity (Wildman–Crippen MR) is 126 cm³/mol. The molecule has 1 aromatic heterocycles. The smallest absolute Gasteiger partial charge is 0.0608 e. The zero-order valence-corrected chi connectivity index (χ0v) is 19.2. The maximum Gasteiger partial charge on any atom is 0.0608 e. The summed E-state index contributed by atoms with van der Waals surface area (Å²) in [5.41, 5.74) is 6.19. The summed E-state index contributed by atoms with van der Waals surface area (Å²) >= 11 is 0. The van der Waals surface area contributed by atoms with E-state index in [4.69, 9.17) is 0 Å². The van der Waals surface area contributed by atoms with E-state index in [1.54, 1.807) is 0 Å². The van der Waals surface area contributed by atoms with Crippen LogP contribution >= 0.6 is 0 Å². The van der Waals surface area contributed by atoms with Crippen molar-refractivity contribution in [2.45, 2.75) is 77.9 Å². The topological polar surface area (TPSA) is 56.2 Å². The number of para-hydroxylation sites is 1. The van der Waals surface area contributed by atoms with E-state index in [0.29, 0.717) is 11.8 Å². The van der Waals surface area contributed by atoms with Crippen LogP contribution in [0.25, 0.3) is 21.8 Å². The van der Waals surface area contributed by atoms with Crippen molar-refractivity contribution >= 4 is 21.8 Å². The lowest BCUT2D eigenvalue weighted by molar-refractivity contribution is -0.234. The molecule has 2 saturated carbocycles. The van der Waals surface area contributed by atoms with Crippen LogP contribution in [0.5, 0.6) is 0 Å². The lowest BCUT2D eigenvalue weighted by atomic mass is 9.37. The van der Waals surface area contributed by atoms with E-state index in [2.05, 4.69) is 63.0 Å². The number of aliphatic hydroxyl groups is 2. The SMILES string of the molecule is Cc1cc2[nH]c3ccccc3c2c2c1CC[C@]13[C@H]2[C@H](C)C[C@@H](O)[C@@]1(C)[C@H](C)CC[C@@H]3O. The average Bonchev–Trinajstić information content (AvgIpc) is 3.11. The van der Waals surface area contributed by atoms with Gasteiger partial charge in [-0.05, 0) is 85.6 Å². The van der Waals surface area contributed by atoms with Crippen molar-refractivity contribution in [3.05, 3.63) is 47.0 Å². The molecule has 1 heterocycles. The first-order valence-electron chi connectivity index (χ1n) is 12.2. The Balaban J connectivity index is 1.73. The number of hydrogen-bond acceptors (Lipinski definition) is 2. The molecule has 3 N–H and O–H groups in total. The number of aryl methyl sites for hydroxylation is 1. The Morgan fingerprint density at radius 2 is 1.81 bits per heavy atom. The molecule has 164 valence electrons. The number of aromatic nitrogens is 1. The van der Waals surface area contributed by atoms with Gasteiger partial charge in [0, 0.05) is 32.6 Å². The Labute approximate surface area is 184 Å². The van der Waals surface area contributed by atoms with Gasteiger partial charge in [0.05, 0.1) is 12.2 Å². The number of rotatable bonds is 0. The van der Waals surface area contributed by atoms with Gasteiger partial charge in [-0.15, -0.1) is 0 Å². The largest absolute Gasteiger partial charge is 0.393 e. The van der Waals surface area contributed by atoms with Crippen LogP contribution in [-0.4, -0.2) is 27.4 Å². The van der Waals surface area contributed by atoms with Gasteiger partial charge < -0.3 is 15.2 Å². The number of nitrogens with one attached hydrogen (secondary N) is 1. The third kappa shape index (κ3) is 2.22. The summed E-state index contributed by atoms with van der Waals surface area (Å²) in [6.45, 7) is 9.19. The Morgan fingerprint density at radius 1 is 1.03 bits per heavy atom. The number of H-pyrrole nitrogens is 1. The molecular weight excluding hydrogens is 382 g/mol. The summed E-state index contributed by atoms with van der Waals surface area (Å²) in [6, 6.07) is 11.0. The molecule has 3 aromatic rings. The molecule has 0 saturated heterocycles. The lowest BCUT2D eigenvalue weighted by Gasteiger charge is -2.68. The van der Waals surface area contributed by atoms with Gasteiger partial charge in [-0.3, -0.25) is 0 Å². The Hall–Kier alpha value is -1.84. The van der Waals surface area contributed by atoms with Crippen LogP contribution in [-0.2, 0) is 6.42 Å². The van der Waals surface area contributed by atoms with Gasteiger partial charge in [-0.2, -0.15) is 0 Å². The molecular formula is C28H35NO2. The first-order valence-corrected chi connectivity index (χ1v) is 12.2. The Kier molecular flexibility index (Phi) is 4.06. The van der Waals surface area contributed by atoms with E-state index < -0.39 is 0 Å². The maximum atomic E-state index is 11.7. The van der Waals surface area contributed by atoms with E-state index >= 15 is 0 Å². The minimum Gasteiger partial charge on any atom is -0.393 e. The minimum atomic E-state index is -0.356. The molecule has 31 heavy (non-hydrogen) atoms. The van der Waals surface area contributed by atoms with E-state index in [9.17, 15) is 10.2 Å². The summed E-state index contributed by atoms with van der Waals surface area (Å²) in [4.78, 5) is 3.68. The summed E-state index contributed by atoms with van der Waals surface area (Å²) in [5, 5.41) is 25.9. The molecule has 3 nitrogen and oxygen atoms in total. The summed E-state index contributed by atoms with van der Waals surface area (Å²) in [7, 11) is 0. The lowest BCUT2D eigenvalue weighted by Crippen LogP contribution is -2.67. The molecule has 0 unspecified atom stereocenters. The normalized spacial score (nSPS) is 39.9. The second-order valence-electron chi connectivity index (χ2n) is 11.2. The molecule has 6 rings (SSSR count). The third-order valence-corrected chi connectivity index (χ3v) is 10.2. The highest BCUT2D eigenvalue weighted by Crippen LogP contribution is 2.71. The fourth-order valence-electron chi connectivity index (χ4n) is 8.57. The van der Waals surface area contributed by atoms with Crippen LogP contribution in [0.15, 0.2) is 30.3 Å². The van der Waals surface area contributed by atoms with E-state index in [0.717, 1.165) is 32.1 Å². The van der Waals surface area contributed by atoms with Gasteiger partial charge in [-0.1, -0.05) is 39.0 Å². The number of aromatic amines is 1. The standard InChI is InChI=1S/C28H35NO2/c1-15-13-21-24(19-7-5-6-8-20(19)29-21)25-18(15)11-12-28-22(30)10-9-17(3)27(28,4)23(31)14-16(2)26(25)28/h5-8,13,16-17,22-23,26,29-31H,9-12,14H2,1-4H3/t16-,17-,22+,23-,26+,27-,28+/m1/s1. The van der Waals surface area contributed by atoms with Crippen LogP contribution in [0, 0.1) is 29.6 Å². The quantitative estimate of drug-likeness (QED) is 0.430. The number of fused-ring (bicyclic) bond motifs is 6. The van der Waals surface area contributed by atoms with Crippen LogP contribution in [0.2, 0.25) is 0 Å². The predicted octanol–water partition coefficient (Wildman–Crippen LogP) is 5.84.